The summed E-state index contributed by atoms with van der Waals surface area (Å²) in [6.45, 7) is 18.4. The van der Waals surface area contributed by atoms with Crippen molar-refractivity contribution in [3.63, 3.8) is 0 Å². The van der Waals surface area contributed by atoms with Crippen molar-refractivity contribution in [3.05, 3.63) is 71.7 Å². The quantitative estimate of drug-likeness (QED) is 0.232. The van der Waals surface area contributed by atoms with Crippen molar-refractivity contribution in [2.24, 2.45) is 5.41 Å². The van der Waals surface area contributed by atoms with E-state index in [-0.39, 0.29) is 11.5 Å². The van der Waals surface area contributed by atoms with Gasteiger partial charge in [0.05, 0.1) is 35.9 Å². The second-order valence-electron chi connectivity index (χ2n) is 13.2. The number of hydrogen-bond acceptors (Lipinski definition) is 7. The van der Waals surface area contributed by atoms with E-state index in [2.05, 4.69) is 30.9 Å². The molecule has 3 heterocycles. The van der Waals surface area contributed by atoms with Gasteiger partial charge < -0.3 is 19.1 Å². The lowest BCUT2D eigenvalue weighted by Crippen LogP contribution is -2.39. The van der Waals surface area contributed by atoms with Crippen LogP contribution < -0.4 is 9.64 Å². The molecule has 1 atom stereocenters. The Morgan fingerprint density at radius 3 is 2.29 bits per heavy atom. The fraction of sp³-hybridized carbons (Fsp3) is 0.514. The molecule has 0 N–H and O–H groups in total. The maximum Gasteiger partial charge on any atom is 0.340 e. The van der Waals surface area contributed by atoms with Crippen LogP contribution in [0.4, 0.5) is 5.69 Å². The van der Waals surface area contributed by atoms with Crippen molar-refractivity contribution in [3.8, 4) is 17.0 Å². The third kappa shape index (κ3) is 8.31. The number of ether oxygens (including phenoxy) is 3. The number of rotatable bonds is 10. The van der Waals surface area contributed by atoms with E-state index in [0.717, 1.165) is 60.6 Å². The Kier molecular flexibility index (Phi) is 9.93. The first-order valence-electron chi connectivity index (χ1n) is 15.1. The minimum Gasteiger partial charge on any atom is -0.492 e. The van der Waals surface area contributed by atoms with E-state index in [0.29, 0.717) is 12.4 Å². The lowest BCUT2D eigenvalue weighted by atomic mass is 9.82. The zero-order valence-corrected chi connectivity index (χ0v) is 26.6. The topological polar surface area (TPSA) is 73.8 Å². The molecule has 0 radical (unpaired) electrons. The first-order chi connectivity index (χ1) is 19.8. The molecule has 226 valence electrons. The molecule has 0 spiro atoms. The molecular weight excluding hydrogens is 526 g/mol. The highest BCUT2D eigenvalue weighted by atomic mass is 16.6. The van der Waals surface area contributed by atoms with Crippen molar-refractivity contribution in [1.82, 2.24) is 9.97 Å². The maximum atomic E-state index is 13.6. The monoisotopic (exact) mass is 573 g/mol. The number of aromatic nitrogens is 2. The van der Waals surface area contributed by atoms with E-state index >= 15 is 0 Å². The second-order valence-corrected chi connectivity index (χ2v) is 13.2. The zero-order valence-electron chi connectivity index (χ0n) is 26.6. The molecule has 3 aromatic rings. The molecule has 4 rings (SSSR count). The highest BCUT2D eigenvalue weighted by molar-refractivity contribution is 5.86. The van der Waals surface area contributed by atoms with Crippen LogP contribution >= 0.6 is 0 Å². The van der Waals surface area contributed by atoms with E-state index in [4.69, 9.17) is 24.2 Å². The summed E-state index contributed by atoms with van der Waals surface area (Å²) in [5.41, 5.74) is 4.98. The van der Waals surface area contributed by atoms with Gasteiger partial charge in [-0.15, -0.1) is 0 Å². The van der Waals surface area contributed by atoms with Crippen molar-refractivity contribution in [2.45, 2.75) is 92.5 Å². The average Bonchev–Trinajstić information content (AvgIpc) is 2.92. The normalized spacial score (nSPS) is 15.9. The first kappa shape index (κ1) is 31.5. The molecule has 1 saturated heterocycles. The van der Waals surface area contributed by atoms with Gasteiger partial charge in [0.2, 0.25) is 0 Å². The summed E-state index contributed by atoms with van der Waals surface area (Å²) < 4.78 is 18.2. The molecule has 0 bridgehead atoms. The summed E-state index contributed by atoms with van der Waals surface area (Å²) >= 11 is 0. The minimum absolute atomic E-state index is 0.258. The van der Waals surface area contributed by atoms with Crippen molar-refractivity contribution >= 4 is 11.7 Å². The Hall–Kier alpha value is -3.45. The van der Waals surface area contributed by atoms with Gasteiger partial charge in [0, 0.05) is 42.5 Å². The molecule has 1 fully saturated rings. The summed E-state index contributed by atoms with van der Waals surface area (Å²) in [7, 11) is 0. The van der Waals surface area contributed by atoms with Crippen LogP contribution in [0.2, 0.25) is 0 Å². The fourth-order valence-corrected chi connectivity index (χ4v) is 5.22. The number of piperidine rings is 1. The summed E-state index contributed by atoms with van der Waals surface area (Å²) in [5, 5.41) is 0. The van der Waals surface area contributed by atoms with Gasteiger partial charge in [0.15, 0.2) is 6.10 Å². The predicted molar refractivity (Wildman–Crippen MR) is 168 cm³/mol. The predicted octanol–water partition coefficient (Wildman–Crippen LogP) is 7.51. The lowest BCUT2D eigenvalue weighted by molar-refractivity contribution is -0.171. The van der Waals surface area contributed by atoms with Crippen LogP contribution in [-0.4, -0.2) is 47.3 Å². The largest absolute Gasteiger partial charge is 0.492 e. The van der Waals surface area contributed by atoms with Crippen LogP contribution in [0.5, 0.6) is 5.75 Å². The Bertz CT molecular complexity index is 1320. The molecule has 1 aromatic carbocycles. The first-order valence-corrected chi connectivity index (χ1v) is 15.1. The maximum absolute atomic E-state index is 13.6. The number of anilines is 1. The van der Waals surface area contributed by atoms with E-state index in [1.807, 2.05) is 78.1 Å². The van der Waals surface area contributed by atoms with Gasteiger partial charge in [-0.25, -0.2) is 4.79 Å². The molecule has 0 aliphatic carbocycles. The van der Waals surface area contributed by atoms with Gasteiger partial charge in [-0.2, -0.15) is 0 Å². The molecule has 0 amide bonds. The van der Waals surface area contributed by atoms with Crippen LogP contribution in [0.15, 0.2) is 54.9 Å². The number of carbonyl (C=O) groups is 1. The van der Waals surface area contributed by atoms with Crippen LogP contribution in [0, 0.1) is 12.3 Å². The van der Waals surface area contributed by atoms with Crippen LogP contribution in [0.1, 0.15) is 84.2 Å². The highest BCUT2D eigenvalue weighted by Gasteiger charge is 2.37. The summed E-state index contributed by atoms with van der Waals surface area (Å²) in [5.74, 6) is 0.307. The molecule has 1 aliphatic rings. The van der Waals surface area contributed by atoms with E-state index in [1.54, 1.807) is 6.20 Å². The second kappa shape index (κ2) is 13.2. The van der Waals surface area contributed by atoms with Gasteiger partial charge in [0.1, 0.15) is 5.75 Å². The zero-order chi connectivity index (χ0) is 30.5. The highest BCUT2D eigenvalue weighted by Crippen LogP contribution is 2.43. The Morgan fingerprint density at radius 1 is 1.00 bits per heavy atom. The molecule has 42 heavy (non-hydrogen) atoms. The van der Waals surface area contributed by atoms with Crippen LogP contribution in [-0.2, 0) is 20.7 Å². The molecule has 7 nitrogen and oxygen atoms in total. The number of carbonyl (C=O) groups excluding carboxylic acids is 1. The van der Waals surface area contributed by atoms with E-state index in [1.165, 1.54) is 5.56 Å². The third-order valence-electron chi connectivity index (χ3n) is 7.53. The third-order valence-corrected chi connectivity index (χ3v) is 7.53. The summed E-state index contributed by atoms with van der Waals surface area (Å²) in [6, 6.07) is 14.2. The number of hydrogen-bond donors (Lipinski definition) is 0. The summed E-state index contributed by atoms with van der Waals surface area (Å²) in [4.78, 5) is 25.5. The van der Waals surface area contributed by atoms with Crippen LogP contribution in [0.25, 0.3) is 11.3 Å². The van der Waals surface area contributed by atoms with E-state index < -0.39 is 17.7 Å². The number of aryl methyl sites for hydroxylation is 1. The number of pyridine rings is 2. The van der Waals surface area contributed by atoms with Crippen molar-refractivity contribution in [1.29, 1.82) is 0 Å². The Labute approximate surface area is 251 Å². The Balaban J connectivity index is 1.73. The smallest absolute Gasteiger partial charge is 0.340 e. The summed E-state index contributed by atoms with van der Waals surface area (Å²) in [6.07, 6.45) is 5.34. The fourth-order valence-electron chi connectivity index (χ4n) is 5.22. The molecule has 7 heteroatoms. The molecule has 1 aliphatic heterocycles. The van der Waals surface area contributed by atoms with E-state index in [9.17, 15) is 4.79 Å². The Morgan fingerprint density at radius 2 is 1.69 bits per heavy atom. The van der Waals surface area contributed by atoms with Crippen molar-refractivity contribution < 1.29 is 19.0 Å². The number of esters is 1. The average molecular weight is 574 g/mol. The minimum atomic E-state index is -0.926. The van der Waals surface area contributed by atoms with Gasteiger partial charge >= 0.3 is 5.97 Å². The molecule has 0 saturated carbocycles. The molecular formula is C35H47N3O4. The lowest BCUT2D eigenvalue weighted by Gasteiger charge is -2.41. The van der Waals surface area contributed by atoms with Gasteiger partial charge in [-0.3, -0.25) is 9.97 Å². The van der Waals surface area contributed by atoms with Crippen LogP contribution in [0.3, 0.4) is 0 Å². The molecule has 1 unspecified atom stereocenters. The number of benzene rings is 1. The molecule has 2 aromatic heterocycles. The number of nitrogens with zero attached hydrogens (tertiary/aromatic N) is 3. The SMILES string of the molecule is Cc1ncc(-c2ccc(OCCc3ccccc3)cn2)c(N2CCC(C)(C)CC2)c1C(OC(C)(C)C)C(=O)OC(C)C. The van der Waals surface area contributed by atoms with Gasteiger partial charge in [-0.1, -0.05) is 44.2 Å². The standard InChI is InChI=1S/C35H47N3O4/c1-24(2)41-33(39)32(42-34(4,5)6)30-25(3)36-23-28(31(30)38-19-17-35(7,8)18-20-38)29-15-14-27(22-37-29)40-21-16-26-12-10-9-11-13-26/h9-15,22-24,32H,16-21H2,1-8H3. The van der Waals surface area contributed by atoms with Gasteiger partial charge in [0.25, 0.3) is 0 Å². The van der Waals surface area contributed by atoms with Gasteiger partial charge in [-0.05, 0) is 77.5 Å². The van der Waals surface area contributed by atoms with Crippen molar-refractivity contribution in [2.75, 3.05) is 24.6 Å².